The van der Waals surface area contributed by atoms with Crippen molar-refractivity contribution in [2.75, 3.05) is 7.11 Å². The number of nitriles is 1. The maximum Gasteiger partial charge on any atom is 0.325 e. The Hall–Kier alpha value is -3.33. The van der Waals surface area contributed by atoms with Crippen LogP contribution in [0.4, 0.5) is 4.79 Å². The number of carbonyl (C=O) groups is 2. The van der Waals surface area contributed by atoms with Crippen molar-refractivity contribution in [1.82, 2.24) is 10.2 Å². The first-order valence-corrected chi connectivity index (χ1v) is 8.88. The van der Waals surface area contributed by atoms with Crippen LogP contribution in [0.3, 0.4) is 0 Å². The van der Waals surface area contributed by atoms with E-state index in [4.69, 9.17) is 10.00 Å². The van der Waals surface area contributed by atoms with Gasteiger partial charge in [-0.15, -0.1) is 0 Å². The number of amides is 3. The number of fused-ring (bicyclic) bond motifs is 2. The van der Waals surface area contributed by atoms with Crippen molar-refractivity contribution in [3.05, 3.63) is 64.7 Å². The van der Waals surface area contributed by atoms with Crippen LogP contribution in [-0.2, 0) is 23.3 Å². The molecule has 2 aromatic rings. The lowest BCUT2D eigenvalue weighted by Gasteiger charge is -2.33. The van der Waals surface area contributed by atoms with Crippen molar-refractivity contribution < 1.29 is 14.3 Å². The zero-order valence-corrected chi connectivity index (χ0v) is 15.0. The minimum atomic E-state index is -0.996. The number of ether oxygens (including phenoxy) is 1. The maximum absolute atomic E-state index is 13.3. The molecule has 2 aliphatic rings. The predicted octanol–water partition coefficient (Wildman–Crippen LogP) is 2.85. The van der Waals surface area contributed by atoms with Crippen LogP contribution in [0.15, 0.2) is 42.5 Å². The fourth-order valence-corrected chi connectivity index (χ4v) is 3.99. The Bertz CT molecular complexity index is 962. The average Bonchev–Trinajstić information content (AvgIpc) is 2.93. The van der Waals surface area contributed by atoms with Gasteiger partial charge in [0.15, 0.2) is 0 Å². The Labute approximate surface area is 157 Å². The molecule has 1 spiro atoms. The molecule has 4 rings (SSSR count). The highest BCUT2D eigenvalue weighted by molar-refractivity contribution is 6.07. The van der Waals surface area contributed by atoms with E-state index in [9.17, 15) is 9.59 Å². The van der Waals surface area contributed by atoms with E-state index >= 15 is 0 Å². The van der Waals surface area contributed by atoms with E-state index in [0.717, 1.165) is 35.3 Å². The third kappa shape index (κ3) is 2.72. The molecule has 1 saturated heterocycles. The minimum absolute atomic E-state index is 0.184. The van der Waals surface area contributed by atoms with Crippen LogP contribution in [0.2, 0.25) is 0 Å². The van der Waals surface area contributed by atoms with Gasteiger partial charge in [0.25, 0.3) is 5.91 Å². The molecule has 0 aromatic heterocycles. The lowest BCUT2D eigenvalue weighted by molar-refractivity contribution is -0.132. The van der Waals surface area contributed by atoms with E-state index in [1.54, 1.807) is 31.4 Å². The zero-order chi connectivity index (χ0) is 19.0. The van der Waals surface area contributed by atoms with Gasteiger partial charge in [-0.05, 0) is 60.2 Å². The van der Waals surface area contributed by atoms with Gasteiger partial charge in [0.2, 0.25) is 0 Å². The number of nitrogens with one attached hydrogen (secondary N) is 1. The lowest BCUT2D eigenvalue weighted by atomic mass is 9.76. The molecule has 1 aliphatic heterocycles. The summed E-state index contributed by atoms with van der Waals surface area (Å²) in [5.41, 5.74) is 2.25. The van der Waals surface area contributed by atoms with Crippen LogP contribution in [0, 0.1) is 11.3 Å². The summed E-state index contributed by atoms with van der Waals surface area (Å²) < 4.78 is 5.29. The van der Waals surface area contributed by atoms with Crippen molar-refractivity contribution in [1.29, 1.82) is 5.26 Å². The van der Waals surface area contributed by atoms with Crippen molar-refractivity contribution in [2.24, 2.45) is 0 Å². The van der Waals surface area contributed by atoms with E-state index in [2.05, 4.69) is 11.4 Å². The molecule has 1 atom stereocenters. The number of benzene rings is 2. The highest BCUT2D eigenvalue weighted by Crippen LogP contribution is 2.41. The van der Waals surface area contributed by atoms with Crippen LogP contribution in [-0.4, -0.2) is 23.9 Å². The summed E-state index contributed by atoms with van der Waals surface area (Å²) in [4.78, 5) is 27.2. The summed E-state index contributed by atoms with van der Waals surface area (Å²) in [7, 11) is 1.61. The molecule has 1 heterocycles. The molecular weight excluding hydrogens is 342 g/mol. The van der Waals surface area contributed by atoms with Crippen molar-refractivity contribution in [3.63, 3.8) is 0 Å². The second kappa shape index (κ2) is 6.44. The number of nitrogens with zero attached hydrogens (tertiary/aromatic N) is 2. The van der Waals surface area contributed by atoms with Crippen molar-refractivity contribution in [2.45, 2.75) is 31.3 Å². The molecule has 6 heteroatoms. The van der Waals surface area contributed by atoms with Gasteiger partial charge >= 0.3 is 6.03 Å². The third-order valence-electron chi connectivity index (χ3n) is 5.37. The summed E-state index contributed by atoms with van der Waals surface area (Å²) in [6, 6.07) is 14.2. The van der Waals surface area contributed by atoms with Gasteiger partial charge < -0.3 is 10.1 Å². The second-order valence-corrected chi connectivity index (χ2v) is 6.91. The first-order valence-electron chi connectivity index (χ1n) is 8.88. The van der Waals surface area contributed by atoms with Gasteiger partial charge in [-0.1, -0.05) is 18.2 Å². The fraction of sp³-hybridized carbons (Fsp3) is 0.286. The Morgan fingerprint density at radius 1 is 1.22 bits per heavy atom. The maximum atomic E-state index is 13.3. The summed E-state index contributed by atoms with van der Waals surface area (Å²) in [5, 5.41) is 11.9. The molecule has 0 bridgehead atoms. The molecule has 0 saturated carbocycles. The first kappa shape index (κ1) is 17.1. The fourth-order valence-electron chi connectivity index (χ4n) is 3.99. The summed E-state index contributed by atoms with van der Waals surface area (Å²) >= 11 is 0. The quantitative estimate of drug-likeness (QED) is 0.852. The number of carbonyl (C=O) groups excluding carboxylic acids is 2. The number of rotatable bonds is 3. The van der Waals surface area contributed by atoms with Gasteiger partial charge in [0.1, 0.15) is 11.3 Å². The number of hydrogen-bond donors (Lipinski definition) is 1. The van der Waals surface area contributed by atoms with Gasteiger partial charge in [-0.25, -0.2) is 4.79 Å². The van der Waals surface area contributed by atoms with Gasteiger partial charge in [-0.2, -0.15) is 5.26 Å². The molecule has 1 aliphatic carbocycles. The van der Waals surface area contributed by atoms with E-state index in [1.165, 1.54) is 4.90 Å². The standard InChI is InChI=1S/C21H19N3O3/c1-27-17-8-9-18-16(11-17)3-2-10-21(18)19(25)24(20(26)23-21)13-15-6-4-14(12-22)5-7-15/h4-9,11H,2-3,10,13H2,1H3,(H,23,26). The Kier molecular flexibility index (Phi) is 4.08. The average molecular weight is 361 g/mol. The van der Waals surface area contributed by atoms with Crippen LogP contribution < -0.4 is 10.1 Å². The number of hydrogen-bond acceptors (Lipinski definition) is 4. The topological polar surface area (TPSA) is 82.4 Å². The molecule has 27 heavy (non-hydrogen) atoms. The van der Waals surface area contributed by atoms with Gasteiger partial charge in [-0.3, -0.25) is 9.69 Å². The van der Waals surface area contributed by atoms with Crippen LogP contribution in [0.5, 0.6) is 5.75 Å². The molecule has 136 valence electrons. The van der Waals surface area contributed by atoms with Crippen LogP contribution in [0.25, 0.3) is 0 Å². The molecule has 6 nitrogen and oxygen atoms in total. The van der Waals surface area contributed by atoms with Gasteiger partial charge in [0.05, 0.1) is 25.3 Å². The largest absolute Gasteiger partial charge is 0.497 e. The molecule has 0 radical (unpaired) electrons. The zero-order valence-electron chi connectivity index (χ0n) is 15.0. The SMILES string of the molecule is COc1ccc2c(c1)CCCC21NC(=O)N(Cc2ccc(C#N)cc2)C1=O. The summed E-state index contributed by atoms with van der Waals surface area (Å²) in [5.74, 6) is 0.528. The molecule has 1 fully saturated rings. The third-order valence-corrected chi connectivity index (χ3v) is 5.37. The molecular formula is C21H19N3O3. The number of aryl methyl sites for hydroxylation is 1. The van der Waals surface area contributed by atoms with E-state index in [0.29, 0.717) is 12.0 Å². The number of imide groups is 1. The number of methoxy groups -OCH3 is 1. The smallest absolute Gasteiger partial charge is 0.325 e. The van der Waals surface area contributed by atoms with E-state index < -0.39 is 5.54 Å². The van der Waals surface area contributed by atoms with Gasteiger partial charge in [0, 0.05) is 0 Å². The Morgan fingerprint density at radius 3 is 2.70 bits per heavy atom. The monoisotopic (exact) mass is 361 g/mol. The highest BCUT2D eigenvalue weighted by atomic mass is 16.5. The second-order valence-electron chi connectivity index (χ2n) is 6.91. The first-order chi connectivity index (χ1) is 13.1. The highest BCUT2D eigenvalue weighted by Gasteiger charge is 2.53. The normalized spacial score (nSPS) is 21.0. The molecule has 3 amide bonds. The Balaban J connectivity index is 1.66. The predicted molar refractivity (Wildman–Crippen MR) is 97.8 cm³/mol. The van der Waals surface area contributed by atoms with Crippen molar-refractivity contribution in [3.8, 4) is 11.8 Å². The van der Waals surface area contributed by atoms with E-state index in [-0.39, 0.29) is 18.5 Å². The summed E-state index contributed by atoms with van der Waals surface area (Å²) in [6.07, 6.45) is 2.25. The van der Waals surface area contributed by atoms with Crippen LogP contribution >= 0.6 is 0 Å². The molecule has 2 aromatic carbocycles. The van der Waals surface area contributed by atoms with Crippen molar-refractivity contribution >= 4 is 11.9 Å². The van der Waals surface area contributed by atoms with Crippen LogP contribution in [0.1, 0.15) is 35.1 Å². The minimum Gasteiger partial charge on any atom is -0.497 e. The number of urea groups is 1. The molecule has 1 N–H and O–H groups in total. The Morgan fingerprint density at radius 2 is 2.00 bits per heavy atom. The summed E-state index contributed by atoms with van der Waals surface area (Å²) in [6.45, 7) is 0.184. The molecule has 1 unspecified atom stereocenters. The van der Waals surface area contributed by atoms with E-state index in [1.807, 2.05) is 18.2 Å². The lowest BCUT2D eigenvalue weighted by Crippen LogP contribution is -2.46.